The highest BCUT2D eigenvalue weighted by Crippen LogP contribution is 2.34. The van der Waals surface area contributed by atoms with Gasteiger partial charge in [0.1, 0.15) is 12.3 Å². The summed E-state index contributed by atoms with van der Waals surface area (Å²) in [5.41, 5.74) is 0.575. The fraction of sp³-hybridized carbons (Fsp3) is 0.438. The molecule has 0 radical (unpaired) electrons. The predicted octanol–water partition coefficient (Wildman–Crippen LogP) is 1.94. The van der Waals surface area contributed by atoms with E-state index in [9.17, 15) is 14.4 Å². The molecule has 0 bridgehead atoms. The third-order valence-corrected chi connectivity index (χ3v) is 4.05. The Balaban J connectivity index is 1.81. The van der Waals surface area contributed by atoms with Crippen LogP contribution in [0.3, 0.4) is 0 Å². The van der Waals surface area contributed by atoms with Crippen molar-refractivity contribution in [3.8, 4) is 5.75 Å². The number of rotatable bonds is 8. The van der Waals surface area contributed by atoms with Crippen LogP contribution in [0.5, 0.6) is 5.75 Å². The number of unbranched alkanes of at least 4 members (excludes halogenated alkanes) is 2. The molecule has 8 heteroatoms. The fourth-order valence-electron chi connectivity index (χ4n) is 2.36. The average Bonchev–Trinajstić information content (AvgIpc) is 2.53. The number of ether oxygens (including phenoxy) is 1. The Labute approximate surface area is 148 Å². The van der Waals surface area contributed by atoms with Gasteiger partial charge in [0.15, 0.2) is 6.61 Å². The molecule has 7 nitrogen and oxygen atoms in total. The van der Waals surface area contributed by atoms with Crippen molar-refractivity contribution in [2.24, 2.45) is 0 Å². The number of aliphatic carboxylic acids is 1. The van der Waals surface area contributed by atoms with Crippen LogP contribution < -0.4 is 15.0 Å². The second-order valence-corrected chi connectivity index (χ2v) is 6.35. The molecular weight excluding hydrogens is 380 g/mol. The summed E-state index contributed by atoms with van der Waals surface area (Å²) in [6, 6.07) is 5.28. The highest BCUT2D eigenvalue weighted by atomic mass is 79.9. The molecule has 0 fully saturated rings. The molecule has 1 aromatic carbocycles. The van der Waals surface area contributed by atoms with Crippen LogP contribution in [0.2, 0.25) is 0 Å². The zero-order valence-electron chi connectivity index (χ0n) is 13.1. The summed E-state index contributed by atoms with van der Waals surface area (Å²) in [6.45, 7) is 0.308. The molecule has 0 aromatic heterocycles. The standard InChI is InChI=1S/C16H19BrN2O5/c17-11-5-6-12-13(8-11)24-10-15(21)19(12)9-14(20)18-7-3-1-2-4-16(22)23/h5-6,8H,1-4,7,9-10H2,(H,18,20)(H,22,23). The topological polar surface area (TPSA) is 95.9 Å². The van der Waals surface area contributed by atoms with Crippen LogP contribution in [-0.2, 0) is 14.4 Å². The molecule has 1 aliphatic heterocycles. The van der Waals surface area contributed by atoms with E-state index in [-0.39, 0.29) is 31.4 Å². The maximum absolute atomic E-state index is 12.0. The fourth-order valence-corrected chi connectivity index (χ4v) is 2.70. The summed E-state index contributed by atoms with van der Waals surface area (Å²) in [7, 11) is 0. The van der Waals surface area contributed by atoms with Gasteiger partial charge < -0.3 is 15.2 Å². The lowest BCUT2D eigenvalue weighted by atomic mass is 10.2. The number of hydrogen-bond donors (Lipinski definition) is 2. The van der Waals surface area contributed by atoms with Crippen molar-refractivity contribution < 1.29 is 24.2 Å². The third-order valence-electron chi connectivity index (χ3n) is 3.56. The van der Waals surface area contributed by atoms with E-state index in [1.54, 1.807) is 18.2 Å². The molecule has 0 saturated heterocycles. The van der Waals surface area contributed by atoms with Crippen molar-refractivity contribution in [1.29, 1.82) is 0 Å². The van der Waals surface area contributed by atoms with Gasteiger partial charge in [-0.15, -0.1) is 0 Å². The molecule has 2 amide bonds. The average molecular weight is 399 g/mol. The van der Waals surface area contributed by atoms with E-state index in [1.807, 2.05) is 0 Å². The molecule has 1 heterocycles. The summed E-state index contributed by atoms with van der Waals surface area (Å²) in [5, 5.41) is 11.3. The number of nitrogens with zero attached hydrogens (tertiary/aromatic N) is 1. The van der Waals surface area contributed by atoms with Gasteiger partial charge in [0.2, 0.25) is 5.91 Å². The third kappa shape index (κ3) is 5.23. The number of fused-ring (bicyclic) bond motifs is 1. The largest absolute Gasteiger partial charge is 0.482 e. The quantitative estimate of drug-likeness (QED) is 0.652. The van der Waals surface area contributed by atoms with E-state index in [0.717, 1.165) is 10.9 Å². The van der Waals surface area contributed by atoms with Gasteiger partial charge in [0.25, 0.3) is 5.91 Å². The molecule has 2 rings (SSSR count). The minimum atomic E-state index is -0.810. The van der Waals surface area contributed by atoms with Crippen molar-refractivity contribution in [2.45, 2.75) is 25.7 Å². The van der Waals surface area contributed by atoms with Crippen LogP contribution in [-0.4, -0.2) is 42.6 Å². The van der Waals surface area contributed by atoms with Crippen molar-refractivity contribution in [1.82, 2.24) is 5.32 Å². The zero-order chi connectivity index (χ0) is 17.5. The summed E-state index contributed by atoms with van der Waals surface area (Å²) < 4.78 is 6.21. The molecule has 0 spiro atoms. The number of carboxylic acids is 1. The van der Waals surface area contributed by atoms with Crippen molar-refractivity contribution in [3.05, 3.63) is 22.7 Å². The highest BCUT2D eigenvalue weighted by molar-refractivity contribution is 9.10. The number of amides is 2. The normalized spacial score (nSPS) is 13.2. The lowest BCUT2D eigenvalue weighted by molar-refractivity contribution is -0.137. The number of carbonyl (C=O) groups is 3. The molecular formula is C16H19BrN2O5. The maximum Gasteiger partial charge on any atom is 0.303 e. The zero-order valence-corrected chi connectivity index (χ0v) is 14.7. The maximum atomic E-state index is 12.0. The number of halogens is 1. The molecule has 2 N–H and O–H groups in total. The molecule has 0 saturated carbocycles. The van der Waals surface area contributed by atoms with Gasteiger partial charge in [-0.05, 0) is 31.0 Å². The van der Waals surface area contributed by atoms with Crippen molar-refractivity contribution >= 4 is 39.4 Å². The molecule has 1 aromatic rings. The minimum absolute atomic E-state index is 0.0635. The Morgan fingerprint density at radius 3 is 2.83 bits per heavy atom. The van der Waals surface area contributed by atoms with Crippen LogP contribution in [0.15, 0.2) is 22.7 Å². The van der Waals surface area contributed by atoms with Gasteiger partial charge in [0.05, 0.1) is 5.69 Å². The van der Waals surface area contributed by atoms with Gasteiger partial charge in [-0.3, -0.25) is 19.3 Å². The lowest BCUT2D eigenvalue weighted by Gasteiger charge is -2.29. The minimum Gasteiger partial charge on any atom is -0.482 e. The molecule has 0 unspecified atom stereocenters. The number of carbonyl (C=O) groups excluding carboxylic acids is 2. The second-order valence-electron chi connectivity index (χ2n) is 5.43. The van der Waals surface area contributed by atoms with Gasteiger partial charge >= 0.3 is 5.97 Å². The Hall–Kier alpha value is -2.09. The molecule has 0 aliphatic carbocycles. The van der Waals surface area contributed by atoms with Crippen molar-refractivity contribution in [2.75, 3.05) is 24.6 Å². The van der Waals surface area contributed by atoms with Gasteiger partial charge in [-0.2, -0.15) is 0 Å². The first-order valence-electron chi connectivity index (χ1n) is 7.68. The van der Waals surface area contributed by atoms with E-state index in [0.29, 0.717) is 30.8 Å². The molecule has 0 atom stereocenters. The number of carboxylic acid groups (broad SMARTS) is 1. The van der Waals surface area contributed by atoms with Gasteiger partial charge in [-0.25, -0.2) is 0 Å². The van der Waals surface area contributed by atoms with E-state index >= 15 is 0 Å². The summed E-state index contributed by atoms with van der Waals surface area (Å²) >= 11 is 3.34. The number of hydrogen-bond acceptors (Lipinski definition) is 4. The lowest BCUT2D eigenvalue weighted by Crippen LogP contribution is -2.45. The highest BCUT2D eigenvalue weighted by Gasteiger charge is 2.27. The Morgan fingerprint density at radius 1 is 1.29 bits per heavy atom. The summed E-state index contributed by atoms with van der Waals surface area (Å²) in [6.07, 6.45) is 2.18. The first-order chi connectivity index (χ1) is 11.5. The van der Waals surface area contributed by atoms with Gasteiger partial charge in [0, 0.05) is 17.4 Å². The summed E-state index contributed by atoms with van der Waals surface area (Å²) in [4.78, 5) is 35.8. The van der Waals surface area contributed by atoms with Crippen LogP contribution in [0, 0.1) is 0 Å². The SMILES string of the molecule is O=C(O)CCCCCNC(=O)CN1C(=O)COc2cc(Br)ccc21. The van der Waals surface area contributed by atoms with E-state index in [4.69, 9.17) is 9.84 Å². The number of nitrogens with one attached hydrogen (secondary N) is 1. The van der Waals surface area contributed by atoms with E-state index in [1.165, 1.54) is 4.90 Å². The first kappa shape index (κ1) is 18.3. The van der Waals surface area contributed by atoms with Crippen LogP contribution in [0.25, 0.3) is 0 Å². The van der Waals surface area contributed by atoms with Crippen molar-refractivity contribution in [3.63, 3.8) is 0 Å². The molecule has 24 heavy (non-hydrogen) atoms. The second kappa shape index (κ2) is 8.68. The van der Waals surface area contributed by atoms with E-state index < -0.39 is 5.97 Å². The Bertz CT molecular complexity index is 635. The van der Waals surface area contributed by atoms with Crippen LogP contribution >= 0.6 is 15.9 Å². The van der Waals surface area contributed by atoms with Crippen LogP contribution in [0.1, 0.15) is 25.7 Å². The van der Waals surface area contributed by atoms with E-state index in [2.05, 4.69) is 21.2 Å². The molecule has 130 valence electrons. The van der Waals surface area contributed by atoms with Gasteiger partial charge in [-0.1, -0.05) is 22.4 Å². The monoisotopic (exact) mass is 398 g/mol. The summed E-state index contributed by atoms with van der Waals surface area (Å²) in [5.74, 6) is -0.764. The smallest absolute Gasteiger partial charge is 0.303 e. The predicted molar refractivity (Wildman–Crippen MR) is 91.1 cm³/mol. The Morgan fingerprint density at radius 2 is 2.08 bits per heavy atom. The van der Waals surface area contributed by atoms with Crippen LogP contribution in [0.4, 0.5) is 5.69 Å². The number of anilines is 1. The molecule has 1 aliphatic rings. The number of benzene rings is 1. The Kier molecular flexibility index (Phi) is 6.60. The first-order valence-corrected chi connectivity index (χ1v) is 8.48.